The second-order valence-corrected chi connectivity index (χ2v) is 5.29. The maximum atomic E-state index is 11.9. The van der Waals surface area contributed by atoms with Crippen LogP contribution in [0.4, 0.5) is 0 Å². The number of amides is 1. The van der Waals surface area contributed by atoms with E-state index in [-0.39, 0.29) is 18.1 Å². The Hall–Kier alpha value is -1.59. The summed E-state index contributed by atoms with van der Waals surface area (Å²) in [4.78, 5) is 11.9. The summed E-state index contributed by atoms with van der Waals surface area (Å²) >= 11 is 0. The fourth-order valence-electron chi connectivity index (χ4n) is 2.23. The van der Waals surface area contributed by atoms with Crippen LogP contribution in [0.5, 0.6) is 5.75 Å². The van der Waals surface area contributed by atoms with E-state index in [4.69, 9.17) is 4.74 Å². The third-order valence-corrected chi connectivity index (χ3v) is 3.41. The van der Waals surface area contributed by atoms with Crippen molar-refractivity contribution in [2.24, 2.45) is 0 Å². The number of para-hydroxylation sites is 1. The summed E-state index contributed by atoms with van der Waals surface area (Å²) < 4.78 is 5.79. The number of aliphatic hydroxyl groups excluding tert-OH is 1. The Balaban J connectivity index is 1.76. The highest BCUT2D eigenvalue weighted by Crippen LogP contribution is 2.17. The molecule has 2 rings (SSSR count). The molecule has 3 unspecified atom stereocenters. The molecule has 1 heterocycles. The fraction of sp³-hybridized carbons (Fsp3) is 0.533. The Morgan fingerprint density at radius 1 is 1.55 bits per heavy atom. The zero-order valence-electron chi connectivity index (χ0n) is 11.9. The van der Waals surface area contributed by atoms with Crippen LogP contribution >= 0.6 is 0 Å². The van der Waals surface area contributed by atoms with Crippen LogP contribution in [0.3, 0.4) is 0 Å². The normalized spacial score (nSPS) is 23.4. The van der Waals surface area contributed by atoms with Gasteiger partial charge in [-0.2, -0.15) is 0 Å². The molecule has 0 aliphatic carbocycles. The monoisotopic (exact) mass is 278 g/mol. The van der Waals surface area contributed by atoms with Gasteiger partial charge < -0.3 is 20.5 Å². The SMILES string of the molecule is Cc1ccccc1OC(C)CNC(=O)C1CC(O)CN1. The van der Waals surface area contributed by atoms with Gasteiger partial charge in [-0.05, 0) is 31.9 Å². The third-order valence-electron chi connectivity index (χ3n) is 3.41. The first-order valence-electron chi connectivity index (χ1n) is 6.97. The maximum absolute atomic E-state index is 11.9. The van der Waals surface area contributed by atoms with Gasteiger partial charge in [0.15, 0.2) is 0 Å². The first kappa shape index (κ1) is 14.8. The van der Waals surface area contributed by atoms with Gasteiger partial charge in [0, 0.05) is 6.54 Å². The molecular formula is C15H22N2O3. The average molecular weight is 278 g/mol. The van der Waals surface area contributed by atoms with E-state index in [0.29, 0.717) is 19.5 Å². The molecule has 110 valence electrons. The van der Waals surface area contributed by atoms with Crippen molar-refractivity contribution in [2.75, 3.05) is 13.1 Å². The van der Waals surface area contributed by atoms with Gasteiger partial charge in [0.25, 0.3) is 0 Å². The van der Waals surface area contributed by atoms with Crippen LogP contribution in [0.2, 0.25) is 0 Å². The molecule has 1 fully saturated rings. The number of carbonyl (C=O) groups excluding carboxylic acids is 1. The lowest BCUT2D eigenvalue weighted by atomic mass is 10.2. The molecule has 3 N–H and O–H groups in total. The van der Waals surface area contributed by atoms with Crippen molar-refractivity contribution in [3.63, 3.8) is 0 Å². The molecular weight excluding hydrogens is 256 g/mol. The van der Waals surface area contributed by atoms with Crippen molar-refractivity contribution in [3.05, 3.63) is 29.8 Å². The number of rotatable bonds is 5. The second kappa shape index (κ2) is 6.72. The van der Waals surface area contributed by atoms with Crippen molar-refractivity contribution >= 4 is 5.91 Å². The van der Waals surface area contributed by atoms with Gasteiger partial charge in [-0.25, -0.2) is 0 Å². The van der Waals surface area contributed by atoms with Gasteiger partial charge in [0.2, 0.25) is 5.91 Å². The molecule has 1 aliphatic heterocycles. The summed E-state index contributed by atoms with van der Waals surface area (Å²) in [5.41, 5.74) is 1.08. The number of ether oxygens (including phenoxy) is 1. The summed E-state index contributed by atoms with van der Waals surface area (Å²) in [7, 11) is 0. The Bertz CT molecular complexity index is 464. The highest BCUT2D eigenvalue weighted by molar-refractivity contribution is 5.82. The van der Waals surface area contributed by atoms with Crippen molar-refractivity contribution < 1.29 is 14.6 Å². The lowest BCUT2D eigenvalue weighted by molar-refractivity contribution is -0.123. The quantitative estimate of drug-likeness (QED) is 0.738. The van der Waals surface area contributed by atoms with Gasteiger partial charge in [0.05, 0.1) is 18.7 Å². The molecule has 20 heavy (non-hydrogen) atoms. The number of aliphatic hydroxyl groups is 1. The Morgan fingerprint density at radius 2 is 2.30 bits per heavy atom. The van der Waals surface area contributed by atoms with Gasteiger partial charge in [-0.15, -0.1) is 0 Å². The minimum Gasteiger partial charge on any atom is -0.489 e. The minimum atomic E-state index is -0.425. The van der Waals surface area contributed by atoms with Crippen molar-refractivity contribution in [1.29, 1.82) is 0 Å². The molecule has 1 saturated heterocycles. The van der Waals surface area contributed by atoms with E-state index in [1.165, 1.54) is 0 Å². The molecule has 1 aromatic rings. The van der Waals surface area contributed by atoms with Crippen LogP contribution < -0.4 is 15.4 Å². The smallest absolute Gasteiger partial charge is 0.237 e. The molecule has 5 heteroatoms. The molecule has 0 spiro atoms. The first-order valence-corrected chi connectivity index (χ1v) is 6.97. The van der Waals surface area contributed by atoms with E-state index < -0.39 is 6.10 Å². The predicted octanol–water partition coefficient (Wildman–Crippen LogP) is 0.601. The number of benzene rings is 1. The van der Waals surface area contributed by atoms with Crippen molar-refractivity contribution in [2.45, 2.75) is 38.5 Å². The van der Waals surface area contributed by atoms with Crippen molar-refractivity contribution in [1.82, 2.24) is 10.6 Å². The van der Waals surface area contributed by atoms with Crippen LogP contribution in [-0.2, 0) is 4.79 Å². The molecule has 1 aromatic carbocycles. The van der Waals surface area contributed by atoms with Crippen LogP contribution in [0.25, 0.3) is 0 Å². The van der Waals surface area contributed by atoms with Gasteiger partial charge in [-0.3, -0.25) is 4.79 Å². The summed E-state index contributed by atoms with van der Waals surface area (Å²) in [6, 6.07) is 7.51. The number of hydrogen-bond acceptors (Lipinski definition) is 4. The average Bonchev–Trinajstić information content (AvgIpc) is 2.85. The van der Waals surface area contributed by atoms with E-state index in [2.05, 4.69) is 10.6 Å². The zero-order valence-corrected chi connectivity index (χ0v) is 11.9. The topological polar surface area (TPSA) is 70.6 Å². The zero-order chi connectivity index (χ0) is 14.5. The van der Waals surface area contributed by atoms with Crippen LogP contribution in [0.15, 0.2) is 24.3 Å². The standard InChI is InChI=1S/C15H22N2O3/c1-10-5-3-4-6-14(10)20-11(2)8-17-15(19)13-7-12(18)9-16-13/h3-6,11-13,16,18H,7-9H2,1-2H3,(H,17,19). The highest BCUT2D eigenvalue weighted by atomic mass is 16.5. The van der Waals surface area contributed by atoms with Crippen LogP contribution in [0, 0.1) is 6.92 Å². The number of aryl methyl sites for hydroxylation is 1. The molecule has 5 nitrogen and oxygen atoms in total. The number of nitrogens with one attached hydrogen (secondary N) is 2. The third kappa shape index (κ3) is 3.95. The molecule has 0 bridgehead atoms. The molecule has 0 radical (unpaired) electrons. The summed E-state index contributed by atoms with van der Waals surface area (Å²) in [5.74, 6) is 0.755. The minimum absolute atomic E-state index is 0.0817. The van der Waals surface area contributed by atoms with Gasteiger partial charge in [-0.1, -0.05) is 18.2 Å². The predicted molar refractivity (Wildman–Crippen MR) is 76.7 cm³/mol. The summed E-state index contributed by atoms with van der Waals surface area (Å²) in [6.45, 7) is 4.84. The van der Waals surface area contributed by atoms with E-state index in [9.17, 15) is 9.90 Å². The lowest BCUT2D eigenvalue weighted by Crippen LogP contribution is -2.43. The Morgan fingerprint density at radius 3 is 2.95 bits per heavy atom. The largest absolute Gasteiger partial charge is 0.489 e. The lowest BCUT2D eigenvalue weighted by Gasteiger charge is -2.18. The molecule has 0 aromatic heterocycles. The van der Waals surface area contributed by atoms with Gasteiger partial charge in [0.1, 0.15) is 11.9 Å². The molecule has 3 atom stereocenters. The van der Waals surface area contributed by atoms with E-state index in [0.717, 1.165) is 11.3 Å². The van der Waals surface area contributed by atoms with E-state index in [1.54, 1.807) is 0 Å². The van der Waals surface area contributed by atoms with Crippen molar-refractivity contribution in [3.8, 4) is 5.75 Å². The first-order chi connectivity index (χ1) is 9.56. The Labute approximate surface area is 119 Å². The summed E-state index contributed by atoms with van der Waals surface area (Å²) in [6.07, 6.45) is -0.0587. The fourth-order valence-corrected chi connectivity index (χ4v) is 2.23. The maximum Gasteiger partial charge on any atom is 0.237 e. The summed E-state index contributed by atoms with van der Waals surface area (Å²) in [5, 5.41) is 15.2. The Kier molecular flexibility index (Phi) is 4.98. The highest BCUT2D eigenvalue weighted by Gasteiger charge is 2.27. The number of hydrogen-bond donors (Lipinski definition) is 3. The van der Waals surface area contributed by atoms with E-state index >= 15 is 0 Å². The van der Waals surface area contributed by atoms with E-state index in [1.807, 2.05) is 38.1 Å². The van der Waals surface area contributed by atoms with Crippen LogP contribution in [-0.4, -0.2) is 42.4 Å². The molecule has 1 aliphatic rings. The second-order valence-electron chi connectivity index (χ2n) is 5.29. The molecule has 1 amide bonds. The van der Waals surface area contributed by atoms with Crippen LogP contribution in [0.1, 0.15) is 18.9 Å². The number of β-amino-alcohol motifs (C(OH)–C–C–N with tert-alkyl or cyclic N) is 1. The van der Waals surface area contributed by atoms with Gasteiger partial charge >= 0.3 is 0 Å². The number of carbonyl (C=O) groups is 1. The molecule has 0 saturated carbocycles.